The molecular weight excluding hydrogens is 368 g/mol. The maximum atomic E-state index is 12.6. The Morgan fingerprint density at radius 1 is 0.897 bits per heavy atom. The summed E-state index contributed by atoms with van der Waals surface area (Å²) in [5, 5.41) is 5.92. The van der Waals surface area contributed by atoms with Crippen molar-refractivity contribution < 1.29 is 19.1 Å². The zero-order chi connectivity index (χ0) is 20.6. The molecule has 6 nitrogen and oxygen atoms in total. The number of rotatable bonds is 7. The summed E-state index contributed by atoms with van der Waals surface area (Å²) in [6.07, 6.45) is 2.80. The summed E-state index contributed by atoms with van der Waals surface area (Å²) in [4.78, 5) is 25.2. The zero-order valence-electron chi connectivity index (χ0n) is 16.9. The van der Waals surface area contributed by atoms with E-state index in [2.05, 4.69) is 10.6 Å². The van der Waals surface area contributed by atoms with Crippen LogP contribution in [0.15, 0.2) is 48.5 Å². The van der Waals surface area contributed by atoms with Gasteiger partial charge in [-0.3, -0.25) is 9.59 Å². The van der Waals surface area contributed by atoms with E-state index < -0.39 is 0 Å². The van der Waals surface area contributed by atoms with Gasteiger partial charge in [0.15, 0.2) is 0 Å². The highest BCUT2D eigenvalue weighted by Gasteiger charge is 2.30. The SMILES string of the molecule is CCOc1ccc(NC(=O)C2CCC(C(=O)Nc3ccccc3OC)CC2)cc1. The Labute approximate surface area is 171 Å². The van der Waals surface area contributed by atoms with Gasteiger partial charge in [0.1, 0.15) is 11.5 Å². The number of hydrogen-bond acceptors (Lipinski definition) is 4. The summed E-state index contributed by atoms with van der Waals surface area (Å²) >= 11 is 0. The Bertz CT molecular complexity index is 827. The molecule has 0 bridgehead atoms. The Morgan fingerprint density at radius 2 is 1.48 bits per heavy atom. The maximum Gasteiger partial charge on any atom is 0.227 e. The first-order chi connectivity index (χ1) is 14.1. The van der Waals surface area contributed by atoms with E-state index in [0.29, 0.717) is 43.7 Å². The van der Waals surface area contributed by atoms with Crippen molar-refractivity contribution in [2.24, 2.45) is 11.8 Å². The topological polar surface area (TPSA) is 76.7 Å². The molecule has 0 heterocycles. The van der Waals surface area contributed by atoms with Gasteiger partial charge in [-0.05, 0) is 69.0 Å². The van der Waals surface area contributed by atoms with Crippen LogP contribution in [0.4, 0.5) is 11.4 Å². The van der Waals surface area contributed by atoms with Gasteiger partial charge in [-0.15, -0.1) is 0 Å². The van der Waals surface area contributed by atoms with Crippen LogP contribution in [0, 0.1) is 11.8 Å². The zero-order valence-corrected chi connectivity index (χ0v) is 16.9. The van der Waals surface area contributed by atoms with E-state index >= 15 is 0 Å². The van der Waals surface area contributed by atoms with Gasteiger partial charge < -0.3 is 20.1 Å². The number of carbonyl (C=O) groups is 2. The van der Waals surface area contributed by atoms with Gasteiger partial charge >= 0.3 is 0 Å². The molecule has 0 aliphatic heterocycles. The number of nitrogens with one attached hydrogen (secondary N) is 2. The van der Waals surface area contributed by atoms with Crippen molar-refractivity contribution in [2.75, 3.05) is 24.4 Å². The van der Waals surface area contributed by atoms with Crippen molar-refractivity contribution in [3.63, 3.8) is 0 Å². The van der Waals surface area contributed by atoms with E-state index in [1.165, 1.54) is 0 Å². The first-order valence-corrected chi connectivity index (χ1v) is 10.1. The molecule has 2 amide bonds. The third-order valence-electron chi connectivity index (χ3n) is 5.27. The number of hydrogen-bond donors (Lipinski definition) is 2. The van der Waals surface area contributed by atoms with E-state index in [-0.39, 0.29) is 23.7 Å². The Balaban J connectivity index is 1.49. The van der Waals surface area contributed by atoms with Crippen LogP contribution < -0.4 is 20.1 Å². The van der Waals surface area contributed by atoms with Crippen molar-refractivity contribution >= 4 is 23.2 Å². The van der Waals surface area contributed by atoms with Gasteiger partial charge in [-0.2, -0.15) is 0 Å². The predicted molar refractivity (Wildman–Crippen MR) is 113 cm³/mol. The van der Waals surface area contributed by atoms with Crippen molar-refractivity contribution in [3.05, 3.63) is 48.5 Å². The molecule has 2 aromatic rings. The highest BCUT2D eigenvalue weighted by Crippen LogP contribution is 2.32. The molecule has 0 unspecified atom stereocenters. The lowest BCUT2D eigenvalue weighted by atomic mass is 9.81. The molecule has 1 aliphatic carbocycles. The molecule has 2 N–H and O–H groups in total. The van der Waals surface area contributed by atoms with Crippen LogP contribution in [-0.4, -0.2) is 25.5 Å². The van der Waals surface area contributed by atoms with E-state index in [1.807, 2.05) is 55.5 Å². The van der Waals surface area contributed by atoms with Crippen molar-refractivity contribution in [2.45, 2.75) is 32.6 Å². The third-order valence-corrected chi connectivity index (χ3v) is 5.27. The highest BCUT2D eigenvalue weighted by atomic mass is 16.5. The van der Waals surface area contributed by atoms with Crippen molar-refractivity contribution in [1.82, 2.24) is 0 Å². The second kappa shape index (κ2) is 9.96. The fourth-order valence-corrected chi connectivity index (χ4v) is 3.65. The molecule has 0 spiro atoms. The summed E-state index contributed by atoms with van der Waals surface area (Å²) in [6.45, 7) is 2.54. The first kappa shape index (κ1) is 20.7. The van der Waals surface area contributed by atoms with Crippen molar-refractivity contribution in [3.8, 4) is 11.5 Å². The largest absolute Gasteiger partial charge is 0.495 e. The quantitative estimate of drug-likeness (QED) is 0.724. The maximum absolute atomic E-state index is 12.6. The average molecular weight is 396 g/mol. The molecule has 3 rings (SSSR count). The second-order valence-corrected chi connectivity index (χ2v) is 7.18. The van der Waals surface area contributed by atoms with E-state index in [9.17, 15) is 9.59 Å². The number of carbonyl (C=O) groups excluding carboxylic acids is 2. The summed E-state index contributed by atoms with van der Waals surface area (Å²) in [7, 11) is 1.58. The Morgan fingerprint density at radius 3 is 2.07 bits per heavy atom. The van der Waals surface area contributed by atoms with Gasteiger partial charge in [0, 0.05) is 17.5 Å². The van der Waals surface area contributed by atoms with Gasteiger partial charge in [0.25, 0.3) is 0 Å². The minimum absolute atomic E-state index is 0.0118. The van der Waals surface area contributed by atoms with Crippen LogP contribution in [0.2, 0.25) is 0 Å². The molecule has 6 heteroatoms. The summed E-state index contributed by atoms with van der Waals surface area (Å²) in [5.41, 5.74) is 1.44. The molecule has 1 fully saturated rings. The lowest BCUT2D eigenvalue weighted by molar-refractivity contribution is -0.125. The van der Waals surface area contributed by atoms with Crippen LogP contribution in [-0.2, 0) is 9.59 Å². The Kier molecular flexibility index (Phi) is 7.11. The van der Waals surface area contributed by atoms with Gasteiger partial charge in [0.05, 0.1) is 19.4 Å². The number of benzene rings is 2. The smallest absolute Gasteiger partial charge is 0.227 e. The normalized spacial score (nSPS) is 18.6. The van der Waals surface area contributed by atoms with Gasteiger partial charge in [0.2, 0.25) is 11.8 Å². The molecule has 0 saturated heterocycles. The summed E-state index contributed by atoms with van der Waals surface area (Å²) in [5.74, 6) is 1.26. The molecule has 0 aromatic heterocycles. The Hall–Kier alpha value is -3.02. The summed E-state index contributed by atoms with van der Waals surface area (Å²) < 4.78 is 10.7. The molecule has 154 valence electrons. The third kappa shape index (κ3) is 5.50. The minimum atomic E-state index is -0.0885. The molecule has 0 atom stereocenters. The molecule has 1 saturated carbocycles. The van der Waals surface area contributed by atoms with Crippen LogP contribution in [0.25, 0.3) is 0 Å². The standard InChI is InChI=1S/C23H28N2O4/c1-3-29-19-14-12-18(13-15-19)24-22(26)16-8-10-17(11-9-16)23(27)25-20-6-4-5-7-21(20)28-2/h4-7,12-17H,3,8-11H2,1-2H3,(H,24,26)(H,25,27). The monoisotopic (exact) mass is 396 g/mol. The van der Waals surface area contributed by atoms with Crippen LogP contribution in [0.5, 0.6) is 11.5 Å². The van der Waals surface area contributed by atoms with E-state index in [1.54, 1.807) is 7.11 Å². The average Bonchev–Trinajstić information content (AvgIpc) is 2.75. The number of anilines is 2. The van der Waals surface area contributed by atoms with Crippen LogP contribution >= 0.6 is 0 Å². The lowest BCUT2D eigenvalue weighted by Gasteiger charge is -2.27. The number of para-hydroxylation sites is 2. The minimum Gasteiger partial charge on any atom is -0.495 e. The molecule has 1 aliphatic rings. The van der Waals surface area contributed by atoms with Crippen LogP contribution in [0.1, 0.15) is 32.6 Å². The van der Waals surface area contributed by atoms with E-state index in [0.717, 1.165) is 11.4 Å². The first-order valence-electron chi connectivity index (χ1n) is 10.1. The molecule has 2 aromatic carbocycles. The fraction of sp³-hybridized carbons (Fsp3) is 0.391. The number of amides is 2. The number of ether oxygens (including phenoxy) is 2. The van der Waals surface area contributed by atoms with Crippen molar-refractivity contribution in [1.29, 1.82) is 0 Å². The molecular formula is C23H28N2O4. The molecule has 0 radical (unpaired) electrons. The second-order valence-electron chi connectivity index (χ2n) is 7.18. The van der Waals surface area contributed by atoms with Crippen LogP contribution in [0.3, 0.4) is 0 Å². The number of methoxy groups -OCH3 is 1. The predicted octanol–water partition coefficient (Wildman–Crippen LogP) is 4.48. The lowest BCUT2D eigenvalue weighted by Crippen LogP contribution is -2.32. The summed E-state index contributed by atoms with van der Waals surface area (Å²) in [6, 6.07) is 14.7. The highest BCUT2D eigenvalue weighted by molar-refractivity contribution is 5.95. The van der Waals surface area contributed by atoms with Gasteiger partial charge in [-0.25, -0.2) is 0 Å². The van der Waals surface area contributed by atoms with E-state index in [4.69, 9.17) is 9.47 Å². The van der Waals surface area contributed by atoms with Gasteiger partial charge in [-0.1, -0.05) is 12.1 Å². The fourth-order valence-electron chi connectivity index (χ4n) is 3.65. The molecule has 29 heavy (non-hydrogen) atoms.